The Bertz CT molecular complexity index is 1770. The Morgan fingerprint density at radius 1 is 1.07 bits per heavy atom. The number of morpholine rings is 1. The van der Waals surface area contributed by atoms with Crippen LogP contribution in [-0.4, -0.2) is 74.9 Å². The number of sulfone groups is 1. The molecule has 1 amide bonds. The van der Waals surface area contributed by atoms with Crippen molar-refractivity contribution in [3.05, 3.63) is 77.1 Å². The Morgan fingerprint density at radius 2 is 1.84 bits per heavy atom. The van der Waals surface area contributed by atoms with Crippen LogP contribution in [0.3, 0.4) is 0 Å². The van der Waals surface area contributed by atoms with E-state index in [0.29, 0.717) is 48.6 Å². The average molecular weight is 632 g/mol. The fourth-order valence-corrected chi connectivity index (χ4v) is 5.33. The number of hydrogen-bond acceptors (Lipinski definition) is 9. The zero-order valence-electron chi connectivity index (χ0n) is 23.1. The molecule has 1 aliphatic rings. The third kappa shape index (κ3) is 7.54. The lowest BCUT2D eigenvalue weighted by Gasteiger charge is -2.26. The van der Waals surface area contributed by atoms with Gasteiger partial charge in [-0.15, -0.1) is 0 Å². The molecule has 5 rings (SSSR count). The van der Waals surface area contributed by atoms with E-state index >= 15 is 0 Å². The molecule has 1 fully saturated rings. The highest BCUT2D eigenvalue weighted by Crippen LogP contribution is 2.34. The Hall–Kier alpha value is -3.91. The average Bonchev–Trinajstić information content (AvgIpc) is 2.98. The van der Waals surface area contributed by atoms with Crippen molar-refractivity contribution < 1.29 is 31.5 Å². The van der Waals surface area contributed by atoms with Crippen LogP contribution in [0.15, 0.2) is 59.8 Å². The highest BCUT2D eigenvalue weighted by atomic mass is 35.5. The van der Waals surface area contributed by atoms with Gasteiger partial charge >= 0.3 is 0 Å². The number of aromatic nitrogens is 2. The second-order valence-corrected chi connectivity index (χ2v) is 12.3. The van der Waals surface area contributed by atoms with Crippen molar-refractivity contribution in [2.75, 3.05) is 56.3 Å². The van der Waals surface area contributed by atoms with E-state index in [4.69, 9.17) is 21.1 Å². The molecule has 0 atom stereocenters. The number of halogens is 3. The molecule has 226 valence electrons. The number of benzene rings is 3. The van der Waals surface area contributed by atoms with Gasteiger partial charge in [-0.25, -0.2) is 27.2 Å². The van der Waals surface area contributed by atoms with Crippen LogP contribution in [-0.2, 0) is 14.6 Å². The summed E-state index contributed by atoms with van der Waals surface area (Å²) in [5, 5.41) is 6.11. The second-order valence-electron chi connectivity index (χ2n) is 9.87. The molecule has 3 aromatic carbocycles. The van der Waals surface area contributed by atoms with Gasteiger partial charge in [-0.1, -0.05) is 11.6 Å². The molecular weight excluding hydrogens is 604 g/mol. The van der Waals surface area contributed by atoms with Crippen molar-refractivity contribution >= 4 is 55.4 Å². The van der Waals surface area contributed by atoms with Crippen LogP contribution >= 0.6 is 11.6 Å². The number of carbonyl (C=O) groups is 1. The van der Waals surface area contributed by atoms with Gasteiger partial charge in [0.05, 0.1) is 46.5 Å². The molecule has 0 unspecified atom stereocenters. The van der Waals surface area contributed by atoms with E-state index in [1.165, 1.54) is 24.5 Å². The van der Waals surface area contributed by atoms with E-state index in [9.17, 15) is 22.0 Å². The minimum atomic E-state index is -3.69. The molecule has 4 aromatic rings. The molecule has 0 spiro atoms. The van der Waals surface area contributed by atoms with Crippen LogP contribution in [0, 0.1) is 11.6 Å². The number of carbonyl (C=O) groups excluding carboxylic acids is 1. The first-order valence-corrected chi connectivity index (χ1v) is 15.6. The molecule has 1 aliphatic heterocycles. The molecule has 0 bridgehead atoms. The number of nitrogens with one attached hydrogen (secondary N) is 2. The minimum Gasteiger partial charge on any atom is -0.491 e. The fourth-order valence-electron chi connectivity index (χ4n) is 4.50. The number of hydrogen-bond donors (Lipinski definition) is 2. The van der Waals surface area contributed by atoms with Crippen LogP contribution in [0.25, 0.3) is 10.9 Å². The maximum atomic E-state index is 14.7. The monoisotopic (exact) mass is 631 g/mol. The van der Waals surface area contributed by atoms with Crippen molar-refractivity contribution in [2.45, 2.75) is 11.3 Å². The van der Waals surface area contributed by atoms with Crippen LogP contribution in [0.1, 0.15) is 16.8 Å². The predicted molar refractivity (Wildman–Crippen MR) is 159 cm³/mol. The molecule has 0 aliphatic carbocycles. The summed E-state index contributed by atoms with van der Waals surface area (Å²) in [7, 11) is -3.69. The molecule has 1 saturated heterocycles. The Kier molecular flexibility index (Phi) is 9.35. The van der Waals surface area contributed by atoms with E-state index in [2.05, 4.69) is 25.5 Å². The van der Waals surface area contributed by atoms with E-state index in [1.54, 1.807) is 12.1 Å². The Labute approximate surface area is 251 Å². The quantitative estimate of drug-likeness (QED) is 0.183. The van der Waals surface area contributed by atoms with Gasteiger partial charge in [0.15, 0.2) is 9.84 Å². The van der Waals surface area contributed by atoms with Crippen LogP contribution in [0.4, 0.5) is 26.0 Å². The summed E-state index contributed by atoms with van der Waals surface area (Å²) in [6.45, 7) is 4.13. The van der Waals surface area contributed by atoms with Gasteiger partial charge in [0.1, 0.15) is 29.5 Å². The van der Waals surface area contributed by atoms with E-state index in [-0.39, 0.29) is 21.4 Å². The summed E-state index contributed by atoms with van der Waals surface area (Å²) in [6, 6.07) is 10.3. The predicted octanol–water partition coefficient (Wildman–Crippen LogP) is 5.06. The maximum absolute atomic E-state index is 14.7. The van der Waals surface area contributed by atoms with Crippen LogP contribution < -0.4 is 15.4 Å². The molecule has 10 nitrogen and oxygen atoms in total. The summed E-state index contributed by atoms with van der Waals surface area (Å²) in [5.41, 5.74) is 0.658. The molecule has 0 saturated carbocycles. The van der Waals surface area contributed by atoms with Crippen molar-refractivity contribution in [1.29, 1.82) is 0 Å². The highest BCUT2D eigenvalue weighted by Gasteiger charge is 2.20. The number of fused-ring (bicyclic) bond motifs is 1. The second kappa shape index (κ2) is 13.2. The van der Waals surface area contributed by atoms with Gasteiger partial charge in [0.25, 0.3) is 5.91 Å². The van der Waals surface area contributed by atoms with Crippen LogP contribution in [0.2, 0.25) is 5.02 Å². The van der Waals surface area contributed by atoms with E-state index in [1.807, 2.05) is 0 Å². The summed E-state index contributed by atoms with van der Waals surface area (Å²) in [5.74, 6) is -1.74. The van der Waals surface area contributed by atoms with Crippen molar-refractivity contribution in [3.63, 3.8) is 0 Å². The number of rotatable bonds is 10. The van der Waals surface area contributed by atoms with Gasteiger partial charge < -0.3 is 20.1 Å². The van der Waals surface area contributed by atoms with Crippen molar-refractivity contribution in [3.8, 4) is 5.75 Å². The molecule has 2 N–H and O–H groups in total. The van der Waals surface area contributed by atoms with Crippen LogP contribution in [0.5, 0.6) is 5.75 Å². The number of nitrogens with zero attached hydrogens (tertiary/aromatic N) is 3. The maximum Gasteiger partial charge on any atom is 0.258 e. The summed E-state index contributed by atoms with van der Waals surface area (Å²) >= 11 is 5.93. The third-order valence-corrected chi connectivity index (χ3v) is 8.16. The number of ether oxygens (including phenoxy) is 2. The summed E-state index contributed by atoms with van der Waals surface area (Å²) in [4.78, 5) is 23.9. The smallest absolute Gasteiger partial charge is 0.258 e. The van der Waals surface area contributed by atoms with E-state index < -0.39 is 32.9 Å². The lowest BCUT2D eigenvalue weighted by Crippen LogP contribution is -2.37. The first-order chi connectivity index (χ1) is 20.6. The summed E-state index contributed by atoms with van der Waals surface area (Å²) < 4.78 is 63.9. The lowest BCUT2D eigenvalue weighted by atomic mass is 10.1. The van der Waals surface area contributed by atoms with Gasteiger partial charge in [0.2, 0.25) is 0 Å². The molecule has 43 heavy (non-hydrogen) atoms. The first-order valence-electron chi connectivity index (χ1n) is 13.3. The Balaban J connectivity index is 1.46. The third-order valence-electron chi connectivity index (χ3n) is 6.76. The molecule has 2 heterocycles. The number of anilines is 3. The molecule has 0 radical (unpaired) electrons. The number of amides is 1. The largest absolute Gasteiger partial charge is 0.491 e. The minimum absolute atomic E-state index is 0.0811. The van der Waals surface area contributed by atoms with Crippen molar-refractivity contribution in [1.82, 2.24) is 14.9 Å². The van der Waals surface area contributed by atoms with Gasteiger partial charge in [-0.2, -0.15) is 0 Å². The SMILES string of the molecule is CS(=O)(=O)c1ccc(F)c(C(=O)Nc2cc3c(Nc4ccc(F)c(Cl)c4)ncnc3cc2OCCCN2CCOCC2)c1. The Morgan fingerprint density at radius 3 is 2.58 bits per heavy atom. The first kappa shape index (κ1) is 30.5. The lowest BCUT2D eigenvalue weighted by molar-refractivity contribution is 0.0358. The van der Waals surface area contributed by atoms with Gasteiger partial charge in [-0.3, -0.25) is 9.69 Å². The molecular formula is C29H28ClF2N5O5S. The molecule has 1 aromatic heterocycles. The zero-order valence-corrected chi connectivity index (χ0v) is 24.6. The normalized spacial score (nSPS) is 14.0. The standard InChI is InChI=1S/C29H28ClF2N5O5S/c1-43(39,40)19-4-6-23(31)20(14-19)29(38)36-26-15-21-25(16-27(26)42-10-2-7-37-8-11-41-12-9-37)33-17-34-28(21)35-18-3-5-24(32)22(30)13-18/h3-6,13-17H,2,7-12H2,1H3,(H,36,38)(H,33,34,35). The van der Waals surface area contributed by atoms with Crippen molar-refractivity contribution in [2.24, 2.45) is 0 Å². The highest BCUT2D eigenvalue weighted by molar-refractivity contribution is 7.90. The summed E-state index contributed by atoms with van der Waals surface area (Å²) in [6.07, 6.45) is 3.00. The van der Waals surface area contributed by atoms with Gasteiger partial charge in [0, 0.05) is 43.0 Å². The van der Waals surface area contributed by atoms with Gasteiger partial charge in [-0.05, 0) is 48.9 Å². The molecule has 14 heteroatoms. The fraction of sp³-hybridized carbons (Fsp3) is 0.276. The van der Waals surface area contributed by atoms with E-state index in [0.717, 1.165) is 44.1 Å². The topological polar surface area (TPSA) is 123 Å². The zero-order chi connectivity index (χ0) is 30.6.